The maximum Gasteiger partial charge on any atom is 0.240 e. The average Bonchev–Trinajstić information content (AvgIpc) is 3.53. The second-order valence-corrected chi connectivity index (χ2v) is 8.35. The first-order valence-electron chi connectivity index (χ1n) is 9.98. The normalized spacial score (nSPS) is 18.5. The smallest absolute Gasteiger partial charge is 0.240 e. The van der Waals surface area contributed by atoms with Gasteiger partial charge < -0.3 is 10.2 Å². The molecule has 1 aliphatic heterocycles. The fraction of sp³-hybridized carbons (Fsp3) is 0.391. The molecular weight excluding hydrogens is 372 g/mol. The van der Waals surface area contributed by atoms with Crippen molar-refractivity contribution in [3.8, 4) is 0 Å². The van der Waals surface area contributed by atoms with Gasteiger partial charge in [0.15, 0.2) is 0 Å². The summed E-state index contributed by atoms with van der Waals surface area (Å²) in [5.41, 5.74) is 1.02. The molecule has 4 rings (SSSR count). The fourth-order valence-corrected chi connectivity index (χ4v) is 4.24. The molecular formula is C23H25ClN2O2. The Morgan fingerprint density at radius 1 is 1.00 bits per heavy atom. The Morgan fingerprint density at radius 3 is 2.29 bits per heavy atom. The van der Waals surface area contributed by atoms with Gasteiger partial charge in [0.1, 0.15) is 5.41 Å². The molecule has 0 aromatic heterocycles. The zero-order valence-electron chi connectivity index (χ0n) is 15.9. The lowest BCUT2D eigenvalue weighted by Crippen LogP contribution is -2.46. The van der Waals surface area contributed by atoms with Crippen molar-refractivity contribution in [1.82, 2.24) is 4.90 Å². The number of anilines is 1. The lowest BCUT2D eigenvalue weighted by atomic mass is 9.89. The third-order valence-electron chi connectivity index (χ3n) is 5.99. The molecule has 4 nitrogen and oxygen atoms in total. The molecule has 146 valence electrons. The van der Waals surface area contributed by atoms with Gasteiger partial charge in [0.05, 0.1) is 10.7 Å². The number of carbonyl (C=O) groups is 2. The van der Waals surface area contributed by atoms with Crippen molar-refractivity contribution < 1.29 is 9.59 Å². The molecule has 2 aromatic rings. The molecule has 0 bridgehead atoms. The summed E-state index contributed by atoms with van der Waals surface area (Å²) < 4.78 is 0. The lowest BCUT2D eigenvalue weighted by Gasteiger charge is -2.34. The lowest BCUT2D eigenvalue weighted by molar-refractivity contribution is -0.143. The minimum absolute atomic E-state index is 0.0183. The van der Waals surface area contributed by atoms with Crippen LogP contribution in [0.4, 0.5) is 5.69 Å². The molecule has 1 saturated carbocycles. The van der Waals surface area contributed by atoms with Crippen LogP contribution in [0.2, 0.25) is 5.02 Å². The van der Waals surface area contributed by atoms with Crippen LogP contribution in [0.25, 0.3) is 0 Å². The van der Waals surface area contributed by atoms with Gasteiger partial charge >= 0.3 is 0 Å². The van der Waals surface area contributed by atoms with Crippen molar-refractivity contribution in [2.45, 2.75) is 32.1 Å². The summed E-state index contributed by atoms with van der Waals surface area (Å²) in [6.45, 7) is 1.47. The highest BCUT2D eigenvalue weighted by atomic mass is 35.5. The molecule has 2 aliphatic rings. The zero-order valence-corrected chi connectivity index (χ0v) is 16.6. The zero-order chi connectivity index (χ0) is 19.6. The molecule has 1 heterocycles. The second kappa shape index (κ2) is 7.96. The molecule has 5 heteroatoms. The quantitative estimate of drug-likeness (QED) is 0.754. The molecule has 1 N–H and O–H groups in total. The van der Waals surface area contributed by atoms with E-state index in [-0.39, 0.29) is 11.8 Å². The maximum absolute atomic E-state index is 13.1. The third kappa shape index (κ3) is 3.93. The van der Waals surface area contributed by atoms with E-state index in [0.29, 0.717) is 29.5 Å². The van der Waals surface area contributed by atoms with Gasteiger partial charge in [0, 0.05) is 13.1 Å². The van der Waals surface area contributed by atoms with Crippen LogP contribution in [0.3, 0.4) is 0 Å². The summed E-state index contributed by atoms with van der Waals surface area (Å²) in [6, 6.07) is 17.6. The molecule has 2 amide bonds. The highest BCUT2D eigenvalue weighted by Crippen LogP contribution is 2.49. The van der Waals surface area contributed by atoms with Crippen LogP contribution in [0.5, 0.6) is 0 Å². The molecule has 0 atom stereocenters. The first kappa shape index (κ1) is 19.0. The Bertz CT molecular complexity index is 856. The number of nitrogens with one attached hydrogen (secondary N) is 1. The van der Waals surface area contributed by atoms with Crippen LogP contribution in [0.1, 0.15) is 31.2 Å². The Labute approximate surface area is 170 Å². The fourth-order valence-electron chi connectivity index (χ4n) is 4.06. The van der Waals surface area contributed by atoms with Crippen molar-refractivity contribution in [2.24, 2.45) is 11.3 Å². The highest BCUT2D eigenvalue weighted by Gasteiger charge is 2.58. The van der Waals surface area contributed by atoms with Crippen LogP contribution in [-0.2, 0) is 16.0 Å². The van der Waals surface area contributed by atoms with E-state index in [1.54, 1.807) is 12.1 Å². The van der Waals surface area contributed by atoms with E-state index in [4.69, 9.17) is 11.6 Å². The molecule has 1 saturated heterocycles. The van der Waals surface area contributed by atoms with Gasteiger partial charge in [-0.15, -0.1) is 0 Å². The molecule has 28 heavy (non-hydrogen) atoms. The summed E-state index contributed by atoms with van der Waals surface area (Å²) in [4.78, 5) is 27.8. The van der Waals surface area contributed by atoms with Gasteiger partial charge in [0.2, 0.25) is 11.8 Å². The molecule has 0 spiro atoms. The molecule has 1 aliphatic carbocycles. The number of hydrogen-bond donors (Lipinski definition) is 1. The van der Waals surface area contributed by atoms with Crippen molar-refractivity contribution in [3.63, 3.8) is 0 Å². The standard InChI is InChI=1S/C23H25ClN2O2/c24-19-8-4-5-9-20(19)25-21(27)23(12-13-23)22(28)26-14-10-18(11-15-26)16-17-6-2-1-3-7-17/h1-9,18H,10-16H2,(H,25,27). The highest BCUT2D eigenvalue weighted by molar-refractivity contribution is 6.34. The summed E-state index contributed by atoms with van der Waals surface area (Å²) in [7, 11) is 0. The summed E-state index contributed by atoms with van der Waals surface area (Å²) >= 11 is 6.14. The minimum Gasteiger partial charge on any atom is -0.342 e. The predicted molar refractivity (Wildman–Crippen MR) is 111 cm³/mol. The number of halogens is 1. The molecule has 0 radical (unpaired) electrons. The number of likely N-dealkylation sites (tertiary alicyclic amines) is 1. The van der Waals surface area contributed by atoms with Crippen LogP contribution >= 0.6 is 11.6 Å². The van der Waals surface area contributed by atoms with Gasteiger partial charge in [-0.1, -0.05) is 54.1 Å². The number of nitrogens with zero attached hydrogens (tertiary/aromatic N) is 1. The summed E-state index contributed by atoms with van der Waals surface area (Å²) in [6.07, 6.45) is 4.27. The van der Waals surface area contributed by atoms with Gasteiger partial charge in [0.25, 0.3) is 0 Å². The number of piperidine rings is 1. The van der Waals surface area contributed by atoms with Gasteiger partial charge in [-0.25, -0.2) is 0 Å². The van der Waals surface area contributed by atoms with Gasteiger partial charge in [-0.05, 0) is 55.7 Å². The number of hydrogen-bond acceptors (Lipinski definition) is 2. The van der Waals surface area contributed by atoms with E-state index >= 15 is 0 Å². The second-order valence-electron chi connectivity index (χ2n) is 7.94. The van der Waals surface area contributed by atoms with E-state index in [9.17, 15) is 9.59 Å². The van der Waals surface area contributed by atoms with Crippen LogP contribution in [0, 0.1) is 11.3 Å². The largest absolute Gasteiger partial charge is 0.342 e. The number of carbonyl (C=O) groups excluding carboxylic acids is 2. The van der Waals surface area contributed by atoms with Gasteiger partial charge in [-0.3, -0.25) is 9.59 Å². The first-order chi connectivity index (χ1) is 13.6. The summed E-state index contributed by atoms with van der Waals surface area (Å²) in [5, 5.41) is 3.34. The predicted octanol–water partition coefficient (Wildman–Crippen LogP) is 4.54. The van der Waals surface area contributed by atoms with Crippen LogP contribution in [0.15, 0.2) is 54.6 Å². The SMILES string of the molecule is O=C(Nc1ccccc1Cl)C1(C(=O)N2CCC(Cc3ccccc3)CC2)CC1. The number of amides is 2. The monoisotopic (exact) mass is 396 g/mol. The Kier molecular flexibility index (Phi) is 5.40. The Hall–Kier alpha value is -2.33. The van der Waals surface area contributed by atoms with E-state index in [1.807, 2.05) is 23.1 Å². The van der Waals surface area contributed by atoms with Crippen molar-refractivity contribution in [2.75, 3.05) is 18.4 Å². The van der Waals surface area contributed by atoms with Crippen LogP contribution in [-0.4, -0.2) is 29.8 Å². The topological polar surface area (TPSA) is 49.4 Å². The van der Waals surface area contributed by atoms with Crippen molar-refractivity contribution in [3.05, 3.63) is 65.2 Å². The van der Waals surface area contributed by atoms with E-state index in [2.05, 4.69) is 29.6 Å². The Morgan fingerprint density at radius 2 is 1.64 bits per heavy atom. The van der Waals surface area contributed by atoms with Crippen LogP contribution < -0.4 is 5.32 Å². The van der Waals surface area contributed by atoms with Crippen molar-refractivity contribution >= 4 is 29.1 Å². The van der Waals surface area contributed by atoms with E-state index in [1.165, 1.54) is 5.56 Å². The number of para-hydroxylation sites is 1. The average molecular weight is 397 g/mol. The van der Waals surface area contributed by atoms with E-state index < -0.39 is 5.41 Å². The first-order valence-corrected chi connectivity index (χ1v) is 10.4. The van der Waals surface area contributed by atoms with Gasteiger partial charge in [-0.2, -0.15) is 0 Å². The van der Waals surface area contributed by atoms with Crippen molar-refractivity contribution in [1.29, 1.82) is 0 Å². The summed E-state index contributed by atoms with van der Waals surface area (Å²) in [5.74, 6) is 0.353. The maximum atomic E-state index is 13.1. The molecule has 2 fully saturated rings. The minimum atomic E-state index is -0.897. The van der Waals surface area contributed by atoms with E-state index in [0.717, 1.165) is 32.4 Å². The third-order valence-corrected chi connectivity index (χ3v) is 6.31. The number of rotatable bonds is 5. The molecule has 2 aromatic carbocycles. The molecule has 0 unspecified atom stereocenters. The Balaban J connectivity index is 1.34. The number of benzene rings is 2.